The van der Waals surface area contributed by atoms with Crippen molar-refractivity contribution in [2.75, 3.05) is 31.6 Å². The largest absolute Gasteiger partial charge is 0.490 e. The second-order valence-electron chi connectivity index (χ2n) is 5.20. The molecule has 1 aromatic rings. The molecule has 1 aromatic carbocycles. The Morgan fingerprint density at radius 2 is 2.04 bits per heavy atom. The van der Waals surface area contributed by atoms with Crippen LogP contribution in [0, 0.1) is 0 Å². The van der Waals surface area contributed by atoms with E-state index in [1.54, 1.807) is 0 Å². The van der Waals surface area contributed by atoms with Crippen LogP contribution in [0.2, 0.25) is 0 Å². The zero-order valence-corrected chi connectivity index (χ0v) is 16.2. The van der Waals surface area contributed by atoms with E-state index in [-0.39, 0.29) is 35.8 Å². The highest BCUT2D eigenvalue weighted by Crippen LogP contribution is 2.32. The summed E-state index contributed by atoms with van der Waals surface area (Å²) in [5.41, 5.74) is 6.60. The van der Waals surface area contributed by atoms with Crippen molar-refractivity contribution < 1.29 is 14.3 Å². The molecule has 1 aliphatic heterocycles. The molecule has 134 valence electrons. The number of aliphatic imine (C=N–C) groups is 1. The number of hydrogen-bond donors (Lipinski definition) is 3. The monoisotopic (exact) mass is 448 g/mol. The Hall–Kier alpha value is -1.71. The molecule has 0 bridgehead atoms. The van der Waals surface area contributed by atoms with E-state index in [4.69, 9.17) is 15.2 Å². The zero-order valence-electron chi connectivity index (χ0n) is 13.8. The molecule has 0 fully saturated rings. The molecule has 0 aliphatic carbocycles. The lowest BCUT2D eigenvalue weighted by Crippen LogP contribution is -2.26. The number of hydrogen-bond acceptors (Lipinski definition) is 4. The third kappa shape index (κ3) is 6.81. The average Bonchev–Trinajstić information content (AvgIpc) is 2.77. The fourth-order valence-corrected chi connectivity index (χ4v) is 2.06. The van der Waals surface area contributed by atoms with Crippen LogP contribution in [0.4, 0.5) is 5.69 Å². The van der Waals surface area contributed by atoms with Crippen molar-refractivity contribution in [3.05, 3.63) is 18.2 Å². The summed E-state index contributed by atoms with van der Waals surface area (Å²) in [6, 6.07) is 5.52. The van der Waals surface area contributed by atoms with Crippen LogP contribution in [0.25, 0.3) is 0 Å². The van der Waals surface area contributed by atoms with Crippen LogP contribution in [-0.4, -0.2) is 38.2 Å². The first-order valence-corrected chi connectivity index (χ1v) is 7.92. The summed E-state index contributed by atoms with van der Waals surface area (Å²) in [7, 11) is 0. The summed E-state index contributed by atoms with van der Waals surface area (Å²) < 4.78 is 11.2. The number of nitrogens with two attached hydrogens (primary N) is 1. The topological polar surface area (TPSA) is 98.0 Å². The lowest BCUT2D eigenvalue weighted by atomic mass is 10.3. The molecule has 0 radical (unpaired) electrons. The van der Waals surface area contributed by atoms with Crippen LogP contribution in [0.5, 0.6) is 11.5 Å². The molecule has 4 N–H and O–H groups in total. The first-order valence-electron chi connectivity index (χ1n) is 7.92. The van der Waals surface area contributed by atoms with Gasteiger partial charge in [-0.25, -0.2) is 0 Å². The number of benzene rings is 1. The SMILES string of the molecule is CCCNC(=O)CCN=C(N)Nc1ccc2c(c1)OCCCO2.I. The number of fused-ring (bicyclic) bond motifs is 1. The minimum absolute atomic E-state index is 0. The normalized spacial score (nSPS) is 13.5. The Morgan fingerprint density at radius 1 is 1.29 bits per heavy atom. The van der Waals surface area contributed by atoms with Gasteiger partial charge >= 0.3 is 0 Å². The molecular formula is C16H25IN4O3. The highest BCUT2D eigenvalue weighted by Gasteiger charge is 2.10. The second-order valence-corrected chi connectivity index (χ2v) is 5.20. The number of carbonyl (C=O) groups excluding carboxylic acids is 1. The van der Waals surface area contributed by atoms with Crippen LogP contribution in [0.15, 0.2) is 23.2 Å². The Kier molecular flexibility index (Phi) is 9.28. The number of guanidine groups is 1. The molecule has 7 nitrogen and oxygen atoms in total. The standard InChI is InChI=1S/C16H24N4O3.HI/c1-2-7-18-15(21)6-8-19-16(17)20-12-4-5-13-14(11-12)23-10-3-9-22-13;/h4-5,11H,2-3,6-10H2,1H3,(H,18,21)(H3,17,19,20);1H. The van der Waals surface area contributed by atoms with Gasteiger partial charge in [0.1, 0.15) is 0 Å². The highest BCUT2D eigenvalue weighted by molar-refractivity contribution is 14.0. The molecule has 0 saturated heterocycles. The molecule has 24 heavy (non-hydrogen) atoms. The summed E-state index contributed by atoms with van der Waals surface area (Å²) in [6.07, 6.45) is 2.10. The van der Waals surface area contributed by atoms with Gasteiger partial charge in [-0.05, 0) is 18.6 Å². The van der Waals surface area contributed by atoms with Crippen molar-refractivity contribution >= 4 is 41.5 Å². The van der Waals surface area contributed by atoms with Gasteiger partial charge in [0.25, 0.3) is 0 Å². The van der Waals surface area contributed by atoms with Crippen molar-refractivity contribution in [3.63, 3.8) is 0 Å². The van der Waals surface area contributed by atoms with E-state index < -0.39 is 0 Å². The Balaban J connectivity index is 0.00000288. The van der Waals surface area contributed by atoms with Crippen LogP contribution >= 0.6 is 24.0 Å². The average molecular weight is 448 g/mol. The number of amides is 1. The van der Waals surface area contributed by atoms with E-state index >= 15 is 0 Å². The van der Waals surface area contributed by atoms with E-state index in [1.165, 1.54) is 0 Å². The highest BCUT2D eigenvalue weighted by atomic mass is 127. The van der Waals surface area contributed by atoms with Crippen molar-refractivity contribution in [2.24, 2.45) is 10.7 Å². The third-order valence-corrected chi connectivity index (χ3v) is 3.21. The maximum atomic E-state index is 11.5. The van der Waals surface area contributed by atoms with Crippen LogP contribution in [0.1, 0.15) is 26.2 Å². The fourth-order valence-electron chi connectivity index (χ4n) is 2.06. The molecule has 8 heteroatoms. The first kappa shape index (κ1) is 20.3. The quantitative estimate of drug-likeness (QED) is 0.352. The molecule has 0 saturated carbocycles. The van der Waals surface area contributed by atoms with Crippen molar-refractivity contribution in [1.82, 2.24) is 5.32 Å². The second kappa shape index (κ2) is 11.0. The van der Waals surface area contributed by atoms with E-state index in [2.05, 4.69) is 15.6 Å². The molecule has 0 atom stereocenters. The number of nitrogens with zero attached hydrogens (tertiary/aromatic N) is 1. The van der Waals surface area contributed by atoms with Gasteiger partial charge in [-0.3, -0.25) is 9.79 Å². The maximum Gasteiger partial charge on any atom is 0.221 e. The smallest absolute Gasteiger partial charge is 0.221 e. The van der Waals surface area contributed by atoms with Crippen LogP contribution < -0.4 is 25.8 Å². The van der Waals surface area contributed by atoms with Gasteiger partial charge in [-0.1, -0.05) is 6.92 Å². The van der Waals surface area contributed by atoms with Gasteiger partial charge in [0.15, 0.2) is 17.5 Å². The molecule has 1 heterocycles. The number of ether oxygens (including phenoxy) is 2. The third-order valence-electron chi connectivity index (χ3n) is 3.21. The van der Waals surface area contributed by atoms with Crippen LogP contribution in [-0.2, 0) is 4.79 Å². The van der Waals surface area contributed by atoms with Crippen molar-refractivity contribution in [2.45, 2.75) is 26.2 Å². The summed E-state index contributed by atoms with van der Waals surface area (Å²) in [6.45, 7) is 4.33. The van der Waals surface area contributed by atoms with Gasteiger partial charge in [-0.2, -0.15) is 0 Å². The molecule has 0 spiro atoms. The maximum absolute atomic E-state index is 11.5. The molecule has 2 rings (SSSR count). The number of halogens is 1. The van der Waals surface area contributed by atoms with Gasteiger partial charge in [0, 0.05) is 31.1 Å². The summed E-state index contributed by atoms with van der Waals surface area (Å²) in [5.74, 6) is 1.68. The van der Waals surface area contributed by atoms with Crippen molar-refractivity contribution in [3.8, 4) is 11.5 Å². The number of nitrogens with one attached hydrogen (secondary N) is 2. The summed E-state index contributed by atoms with van der Waals surface area (Å²) in [5, 5.41) is 5.79. The fraction of sp³-hybridized carbons (Fsp3) is 0.500. The van der Waals surface area contributed by atoms with E-state index in [0.717, 1.165) is 24.3 Å². The lowest BCUT2D eigenvalue weighted by molar-refractivity contribution is -0.120. The summed E-state index contributed by atoms with van der Waals surface area (Å²) >= 11 is 0. The van der Waals surface area contributed by atoms with E-state index in [9.17, 15) is 4.79 Å². The molecule has 0 unspecified atom stereocenters. The Bertz CT molecular complexity index is 566. The minimum Gasteiger partial charge on any atom is -0.490 e. The van der Waals surface area contributed by atoms with Gasteiger partial charge < -0.3 is 25.8 Å². The van der Waals surface area contributed by atoms with Gasteiger partial charge in [0.2, 0.25) is 5.91 Å². The predicted molar refractivity (Wildman–Crippen MR) is 105 cm³/mol. The number of rotatable bonds is 6. The number of anilines is 1. The molecule has 1 aliphatic rings. The molecular weight excluding hydrogens is 423 g/mol. The minimum atomic E-state index is -0.0148. The predicted octanol–water partition coefficient (Wildman–Crippen LogP) is 2.11. The van der Waals surface area contributed by atoms with Crippen LogP contribution in [0.3, 0.4) is 0 Å². The zero-order chi connectivity index (χ0) is 16.5. The first-order chi connectivity index (χ1) is 11.2. The molecule has 0 aromatic heterocycles. The lowest BCUT2D eigenvalue weighted by Gasteiger charge is -2.10. The number of carbonyl (C=O) groups is 1. The Labute approximate surface area is 159 Å². The van der Waals surface area contributed by atoms with Gasteiger partial charge in [-0.15, -0.1) is 24.0 Å². The van der Waals surface area contributed by atoms with E-state index in [1.807, 2.05) is 25.1 Å². The Morgan fingerprint density at radius 3 is 2.79 bits per heavy atom. The summed E-state index contributed by atoms with van der Waals surface area (Å²) in [4.78, 5) is 15.6. The van der Waals surface area contributed by atoms with E-state index in [0.29, 0.717) is 38.5 Å². The van der Waals surface area contributed by atoms with Gasteiger partial charge in [0.05, 0.1) is 19.8 Å². The van der Waals surface area contributed by atoms with Crippen molar-refractivity contribution in [1.29, 1.82) is 0 Å². The molecule has 1 amide bonds.